The molecule has 0 radical (unpaired) electrons. The number of rotatable bonds is 8. The van der Waals surface area contributed by atoms with Gasteiger partial charge in [0.05, 0.1) is 0 Å². The van der Waals surface area contributed by atoms with Crippen LogP contribution in [0.3, 0.4) is 0 Å². The van der Waals surface area contributed by atoms with Crippen LogP contribution in [0.4, 0.5) is 0 Å². The Morgan fingerprint density at radius 2 is 1.82 bits per heavy atom. The highest BCUT2D eigenvalue weighted by molar-refractivity contribution is 5.85. The second-order valence-corrected chi connectivity index (χ2v) is 3.91. The van der Waals surface area contributed by atoms with Crippen molar-refractivity contribution in [3.8, 4) is 0 Å². The van der Waals surface area contributed by atoms with E-state index in [0.29, 0.717) is 32.4 Å². The summed E-state index contributed by atoms with van der Waals surface area (Å²) in [5.41, 5.74) is 5.37. The Labute approximate surface area is 109 Å². The standard InChI is InChI=1S/C11H23N3O2.ClH/c1-3-7-13-10(15)5-4-6-11(16)14-9(2)8-12;/h9H,3-8,12H2,1-2H3,(H,13,15)(H,14,16);1H/t9-;/m0./s1. The lowest BCUT2D eigenvalue weighted by Gasteiger charge is -2.10. The van der Waals surface area contributed by atoms with Crippen molar-refractivity contribution < 1.29 is 9.59 Å². The number of nitrogens with two attached hydrogens (primary N) is 1. The zero-order valence-corrected chi connectivity index (χ0v) is 11.4. The van der Waals surface area contributed by atoms with Crippen LogP contribution >= 0.6 is 12.4 Å². The van der Waals surface area contributed by atoms with Gasteiger partial charge in [0.15, 0.2) is 0 Å². The minimum atomic E-state index is -0.0405. The molecule has 0 aliphatic heterocycles. The molecule has 5 nitrogen and oxygen atoms in total. The summed E-state index contributed by atoms with van der Waals surface area (Å²) in [6.07, 6.45) is 2.30. The molecule has 0 saturated heterocycles. The van der Waals surface area contributed by atoms with Crippen LogP contribution in [0.25, 0.3) is 0 Å². The van der Waals surface area contributed by atoms with Gasteiger partial charge >= 0.3 is 0 Å². The Balaban J connectivity index is 0. The van der Waals surface area contributed by atoms with Crippen LogP contribution in [0, 0.1) is 0 Å². The van der Waals surface area contributed by atoms with Gasteiger partial charge in [-0.1, -0.05) is 6.92 Å². The highest BCUT2D eigenvalue weighted by Gasteiger charge is 2.06. The summed E-state index contributed by atoms with van der Waals surface area (Å²) in [7, 11) is 0. The highest BCUT2D eigenvalue weighted by Crippen LogP contribution is 1.96. The third-order valence-corrected chi connectivity index (χ3v) is 2.14. The molecular weight excluding hydrogens is 242 g/mol. The molecule has 4 N–H and O–H groups in total. The zero-order valence-electron chi connectivity index (χ0n) is 10.6. The van der Waals surface area contributed by atoms with Crippen LogP contribution in [0.2, 0.25) is 0 Å². The number of hydrogen-bond donors (Lipinski definition) is 3. The van der Waals surface area contributed by atoms with E-state index in [4.69, 9.17) is 5.73 Å². The molecule has 17 heavy (non-hydrogen) atoms. The van der Waals surface area contributed by atoms with Gasteiger partial charge in [-0.05, 0) is 19.8 Å². The van der Waals surface area contributed by atoms with Crippen molar-refractivity contribution in [3.05, 3.63) is 0 Å². The van der Waals surface area contributed by atoms with Gasteiger partial charge in [-0.15, -0.1) is 12.4 Å². The molecule has 6 heteroatoms. The van der Waals surface area contributed by atoms with Crippen molar-refractivity contribution in [2.24, 2.45) is 5.73 Å². The maximum Gasteiger partial charge on any atom is 0.220 e. The smallest absolute Gasteiger partial charge is 0.220 e. The average molecular weight is 266 g/mol. The first-order valence-corrected chi connectivity index (χ1v) is 5.86. The summed E-state index contributed by atoms with van der Waals surface area (Å²) in [4.78, 5) is 22.5. The van der Waals surface area contributed by atoms with Crippen LogP contribution in [-0.2, 0) is 9.59 Å². The van der Waals surface area contributed by atoms with Crippen molar-refractivity contribution in [3.63, 3.8) is 0 Å². The van der Waals surface area contributed by atoms with Crippen molar-refractivity contribution in [1.82, 2.24) is 10.6 Å². The number of nitrogens with one attached hydrogen (secondary N) is 2. The molecule has 0 aromatic carbocycles. The third-order valence-electron chi connectivity index (χ3n) is 2.14. The Bertz CT molecular complexity index is 225. The fraction of sp³-hybridized carbons (Fsp3) is 0.818. The molecular formula is C11H24ClN3O2. The first-order valence-electron chi connectivity index (χ1n) is 5.86. The highest BCUT2D eigenvalue weighted by atomic mass is 35.5. The van der Waals surface area contributed by atoms with Gasteiger partial charge in [-0.3, -0.25) is 9.59 Å². The minimum absolute atomic E-state index is 0. The second kappa shape index (κ2) is 11.7. The predicted octanol–water partition coefficient (Wildman–Crippen LogP) is 0.568. The first kappa shape index (κ1) is 18.6. The second-order valence-electron chi connectivity index (χ2n) is 3.91. The number of hydrogen-bond acceptors (Lipinski definition) is 3. The minimum Gasteiger partial charge on any atom is -0.356 e. The number of halogens is 1. The molecule has 0 aliphatic carbocycles. The van der Waals surface area contributed by atoms with Gasteiger partial charge in [0, 0.05) is 32.0 Å². The Kier molecular flexibility index (Phi) is 12.7. The Morgan fingerprint density at radius 1 is 1.24 bits per heavy atom. The van der Waals surface area contributed by atoms with Crippen LogP contribution in [-0.4, -0.2) is 30.9 Å². The van der Waals surface area contributed by atoms with Gasteiger partial charge in [0.2, 0.25) is 11.8 Å². The SMILES string of the molecule is CCCNC(=O)CCCC(=O)N[C@@H](C)CN.Cl. The molecule has 0 rings (SSSR count). The Hall–Kier alpha value is -0.810. The van der Waals surface area contributed by atoms with E-state index in [1.54, 1.807) is 0 Å². The fourth-order valence-corrected chi connectivity index (χ4v) is 1.17. The Morgan fingerprint density at radius 3 is 2.35 bits per heavy atom. The topological polar surface area (TPSA) is 84.2 Å². The van der Waals surface area contributed by atoms with E-state index in [1.165, 1.54) is 0 Å². The van der Waals surface area contributed by atoms with Gasteiger partial charge in [-0.25, -0.2) is 0 Å². The summed E-state index contributed by atoms with van der Waals surface area (Å²) in [5.74, 6) is -0.0252. The zero-order chi connectivity index (χ0) is 12.4. The van der Waals surface area contributed by atoms with Gasteiger partial charge in [0.25, 0.3) is 0 Å². The van der Waals surface area contributed by atoms with Crippen molar-refractivity contribution in [2.45, 2.75) is 45.6 Å². The quantitative estimate of drug-likeness (QED) is 0.600. The molecule has 0 fully saturated rings. The van der Waals surface area contributed by atoms with E-state index in [9.17, 15) is 9.59 Å². The van der Waals surface area contributed by atoms with E-state index >= 15 is 0 Å². The van der Waals surface area contributed by atoms with E-state index in [1.807, 2.05) is 13.8 Å². The molecule has 0 aromatic rings. The largest absolute Gasteiger partial charge is 0.356 e. The van der Waals surface area contributed by atoms with Gasteiger partial charge in [0.1, 0.15) is 0 Å². The van der Waals surface area contributed by atoms with Crippen molar-refractivity contribution >= 4 is 24.2 Å². The summed E-state index contributed by atoms with van der Waals surface area (Å²) in [5, 5.41) is 5.52. The molecule has 0 aliphatic rings. The van der Waals surface area contributed by atoms with Crippen LogP contribution in [0.5, 0.6) is 0 Å². The first-order chi connectivity index (χ1) is 7.60. The maximum absolute atomic E-state index is 11.3. The molecule has 0 spiro atoms. The summed E-state index contributed by atoms with van der Waals surface area (Å²) < 4.78 is 0. The summed E-state index contributed by atoms with van der Waals surface area (Å²) in [6, 6.07) is 0.00131. The molecule has 102 valence electrons. The van der Waals surface area contributed by atoms with E-state index < -0.39 is 0 Å². The average Bonchev–Trinajstić information content (AvgIpc) is 2.26. The third kappa shape index (κ3) is 11.5. The van der Waals surface area contributed by atoms with E-state index in [2.05, 4.69) is 10.6 Å². The van der Waals surface area contributed by atoms with E-state index in [-0.39, 0.29) is 30.3 Å². The van der Waals surface area contributed by atoms with Gasteiger partial charge in [-0.2, -0.15) is 0 Å². The lowest BCUT2D eigenvalue weighted by molar-refractivity contribution is -0.122. The van der Waals surface area contributed by atoms with Crippen LogP contribution in [0.1, 0.15) is 39.5 Å². The van der Waals surface area contributed by atoms with Crippen LogP contribution in [0.15, 0.2) is 0 Å². The maximum atomic E-state index is 11.3. The molecule has 2 amide bonds. The monoisotopic (exact) mass is 265 g/mol. The van der Waals surface area contributed by atoms with Crippen LogP contribution < -0.4 is 16.4 Å². The lowest BCUT2D eigenvalue weighted by atomic mass is 10.2. The molecule has 0 bridgehead atoms. The summed E-state index contributed by atoms with van der Waals surface area (Å²) >= 11 is 0. The van der Waals surface area contributed by atoms with Gasteiger partial charge < -0.3 is 16.4 Å². The molecule has 0 aromatic heterocycles. The summed E-state index contributed by atoms with van der Waals surface area (Å²) in [6.45, 7) is 4.99. The van der Waals surface area contributed by atoms with E-state index in [0.717, 1.165) is 6.42 Å². The molecule has 0 saturated carbocycles. The number of carbonyl (C=O) groups excluding carboxylic acids is 2. The molecule has 0 heterocycles. The predicted molar refractivity (Wildman–Crippen MR) is 71.1 cm³/mol. The number of amides is 2. The fourth-order valence-electron chi connectivity index (χ4n) is 1.17. The molecule has 0 unspecified atom stereocenters. The lowest BCUT2D eigenvalue weighted by Crippen LogP contribution is -2.37. The normalized spacial score (nSPS) is 11.2. The number of carbonyl (C=O) groups is 2. The van der Waals surface area contributed by atoms with Crippen molar-refractivity contribution in [1.29, 1.82) is 0 Å². The van der Waals surface area contributed by atoms with Crippen molar-refractivity contribution in [2.75, 3.05) is 13.1 Å². The molecule has 1 atom stereocenters.